The molecular weight excluding hydrogens is 1210 g/mol. The number of amides is 1. The molecule has 43 heteroatoms. The standard InChI is InChI=1S/C17H25NO.C17H27N.20F2/c1-5-15-16(12(2)3)11-18(17(15)19)13(4)14-9-7-6-8-10-14;1-5-15-11-18(12-17(15)13(2)3)14(4)16-9-7-6-8-10-16;20*1-2/h6-10,12-13,15-16H,5,11H2,1-4H3;6-10,13-15,17H,5,11-12H2,1-4H3;;;;;;;;;;;;;;;;;;;;/t13-,15+,16-;14-,15-,17-;;;;;;;;;;;;;;;;;;;;/m11..................../s1. The quantitative estimate of drug-likeness (QED) is 0.246. The highest BCUT2D eigenvalue weighted by Gasteiger charge is 2.42. The number of likely N-dealkylation sites (tertiary alicyclic amines) is 2. The summed E-state index contributed by atoms with van der Waals surface area (Å²) in [5.74, 6) is 4.20. The lowest BCUT2D eigenvalue weighted by Gasteiger charge is -2.25. The van der Waals surface area contributed by atoms with Gasteiger partial charge in [0.25, 0.3) is 0 Å². The fraction of sp³-hybridized carbons (Fsp3) is 0.618. The Kier molecular flexibility index (Phi) is 234. The monoisotopic (exact) mass is 1260 g/mol. The molecule has 2 aromatic rings. The number of halogens is 40. The first-order valence-electron chi connectivity index (χ1n) is 17.7. The van der Waals surface area contributed by atoms with Gasteiger partial charge in [-0.15, -0.1) is 0 Å². The minimum Gasteiger partial charge on any atom is -0.335 e. The van der Waals surface area contributed by atoms with Crippen molar-refractivity contribution in [1.29, 1.82) is 0 Å². The Balaban J connectivity index is -0.0000000344. The van der Waals surface area contributed by atoms with Gasteiger partial charge in [-0.3, -0.25) is 9.69 Å². The van der Waals surface area contributed by atoms with E-state index < -0.39 is 0 Å². The minimum atomic E-state index is 0.187. The largest absolute Gasteiger partial charge is 0.335 e. The first-order valence-corrected chi connectivity index (χ1v) is 17.7. The van der Waals surface area contributed by atoms with Crippen LogP contribution in [0.5, 0.6) is 0 Å². The molecule has 0 bridgehead atoms. The van der Waals surface area contributed by atoms with Gasteiger partial charge in [-0.2, -0.15) is 0 Å². The molecule has 4 rings (SSSR count). The van der Waals surface area contributed by atoms with E-state index >= 15 is 0 Å². The van der Waals surface area contributed by atoms with Gasteiger partial charge in [0.15, 0.2) is 0 Å². The third-order valence-corrected chi connectivity index (χ3v) is 9.30. The lowest BCUT2D eigenvalue weighted by molar-refractivity contribution is -0.133. The Bertz CT molecular complexity index is 1020. The van der Waals surface area contributed by atoms with Gasteiger partial charge >= 0.3 is 0 Å². The Labute approximate surface area is 411 Å². The molecule has 0 saturated carbocycles. The molecule has 0 aromatic heterocycles. The van der Waals surface area contributed by atoms with Gasteiger partial charge in [0.1, 0.15) is 0 Å². The highest BCUT2D eigenvalue weighted by atomic mass is 20.0. The van der Waals surface area contributed by atoms with Crippen molar-refractivity contribution >= 4 is 5.91 Å². The molecule has 2 aliphatic heterocycles. The molecule has 484 valence electrons. The molecule has 2 saturated heterocycles. The highest BCUT2D eigenvalue weighted by molar-refractivity contribution is 5.82. The molecule has 0 unspecified atom stereocenters. The summed E-state index contributed by atoms with van der Waals surface area (Å²) in [6.07, 6.45) is 2.28. The summed E-state index contributed by atoms with van der Waals surface area (Å²) in [7, 11) is 0. The Morgan fingerprint density at radius 3 is 0.792 bits per heavy atom. The molecule has 1 amide bonds. The molecule has 2 aliphatic rings. The topological polar surface area (TPSA) is 23.6 Å². The van der Waals surface area contributed by atoms with Crippen LogP contribution in [0.25, 0.3) is 0 Å². The number of carbonyl (C=O) groups excluding carboxylic acids is 1. The summed E-state index contributed by atoms with van der Waals surface area (Å²) >= 11 is 0. The maximum absolute atomic E-state index is 12.6. The SMILES string of the molecule is CC[C@@H]1C(=O)N([C@H](C)c2ccccc2)C[C@@H]1C(C)C.CC[C@@H]1CN([C@H](C)c2ccccc2)C[C@@H]1C(C)C.FF.FF.FF.FF.FF.FF.FF.FF.FF.FF.FF.FF.FF.FF.FF.FF.FF.FF.FF.FF. The van der Waals surface area contributed by atoms with Crippen molar-refractivity contribution in [2.45, 2.75) is 80.3 Å². The molecule has 2 fully saturated rings. The van der Waals surface area contributed by atoms with Gasteiger partial charge in [0.2, 0.25) is 5.91 Å². The first kappa shape index (κ1) is 125. The zero-order chi connectivity index (χ0) is 67.1. The van der Waals surface area contributed by atoms with Crippen LogP contribution in [0.2, 0.25) is 0 Å². The van der Waals surface area contributed by atoms with Gasteiger partial charge in [-0.05, 0) is 61.0 Å². The van der Waals surface area contributed by atoms with Gasteiger partial charge in [0, 0.05) is 215 Å². The smallest absolute Gasteiger partial charge is 0.226 e. The van der Waals surface area contributed by atoms with Crippen LogP contribution < -0.4 is 0 Å². The third kappa shape index (κ3) is 75.4. The molecule has 2 aromatic carbocycles. The maximum Gasteiger partial charge on any atom is 0.226 e. The van der Waals surface area contributed by atoms with E-state index in [4.69, 9.17) is 183 Å². The lowest BCUT2D eigenvalue weighted by Crippen LogP contribution is -2.30. The number of hydrogen-bond donors (Lipinski definition) is 0. The van der Waals surface area contributed by atoms with E-state index in [9.17, 15) is 4.79 Å². The molecule has 0 N–H and O–H groups in total. The van der Waals surface area contributed by atoms with E-state index in [1.807, 2.05) is 18.2 Å². The highest BCUT2D eigenvalue weighted by Crippen LogP contribution is 2.38. The summed E-state index contributed by atoms with van der Waals surface area (Å²) in [4.78, 5) is 17.3. The average molecular weight is 1260 g/mol. The van der Waals surface area contributed by atoms with Crippen LogP contribution in [0.3, 0.4) is 0 Å². The number of rotatable bonds is 8. The van der Waals surface area contributed by atoms with Crippen LogP contribution in [0.15, 0.2) is 60.7 Å². The van der Waals surface area contributed by atoms with Crippen molar-refractivity contribution in [3.63, 3.8) is 0 Å². The zero-order valence-electron chi connectivity index (χ0n) is 39.8. The van der Waals surface area contributed by atoms with Crippen molar-refractivity contribution < 1.29 is 188 Å². The second-order valence-electron chi connectivity index (χ2n) is 12.1. The maximum atomic E-state index is 12.6. The van der Waals surface area contributed by atoms with Crippen LogP contribution in [0, 0.1) is 35.5 Å². The van der Waals surface area contributed by atoms with Crippen molar-refractivity contribution in [2.75, 3.05) is 19.6 Å². The first-order chi connectivity index (χ1) is 37.7. The molecule has 2 heterocycles. The van der Waals surface area contributed by atoms with E-state index in [-0.39, 0.29) is 12.0 Å². The summed E-state index contributed by atoms with van der Waals surface area (Å²) in [5, 5.41) is 0. The van der Waals surface area contributed by atoms with Crippen molar-refractivity contribution in [3.8, 4) is 0 Å². The van der Waals surface area contributed by atoms with Crippen LogP contribution in [-0.2, 0) is 4.79 Å². The molecule has 0 radical (unpaired) electrons. The normalized spacial score (nSPS) is 14.0. The van der Waals surface area contributed by atoms with Crippen LogP contribution in [0.1, 0.15) is 91.4 Å². The number of hydrogen-bond acceptors (Lipinski definition) is 2. The van der Waals surface area contributed by atoms with E-state index in [1.165, 1.54) is 30.6 Å². The van der Waals surface area contributed by atoms with Gasteiger partial charge in [0.05, 0.1) is 6.04 Å². The number of benzene rings is 2. The Morgan fingerprint density at radius 1 is 0.351 bits per heavy atom. The molecule has 77 heavy (non-hydrogen) atoms. The Morgan fingerprint density at radius 2 is 0.597 bits per heavy atom. The van der Waals surface area contributed by atoms with E-state index in [0.717, 1.165) is 30.7 Å². The van der Waals surface area contributed by atoms with Gasteiger partial charge < -0.3 is 4.90 Å². The molecule has 0 aliphatic carbocycles. The predicted molar refractivity (Wildman–Crippen MR) is 202 cm³/mol. The van der Waals surface area contributed by atoms with E-state index in [0.29, 0.717) is 23.8 Å². The van der Waals surface area contributed by atoms with Crippen LogP contribution in [0.4, 0.5) is 183 Å². The molecule has 3 nitrogen and oxygen atoms in total. The minimum absolute atomic E-state index is 0.187. The van der Waals surface area contributed by atoms with Gasteiger partial charge in [-0.25, -0.2) is 0 Å². The fourth-order valence-electron chi connectivity index (χ4n) is 6.63. The van der Waals surface area contributed by atoms with Crippen molar-refractivity contribution in [3.05, 3.63) is 71.8 Å². The summed E-state index contributed by atoms with van der Waals surface area (Å²) in [6.45, 7) is 21.6. The van der Waals surface area contributed by atoms with Gasteiger partial charge in [-0.1, -0.05) is 109 Å². The summed E-state index contributed by atoms with van der Waals surface area (Å²) in [6, 6.07) is 22.0. The summed E-state index contributed by atoms with van der Waals surface area (Å²) < 4.78 is 320. The van der Waals surface area contributed by atoms with Crippen molar-refractivity contribution in [2.24, 2.45) is 35.5 Å². The second-order valence-corrected chi connectivity index (χ2v) is 12.1. The second kappa shape index (κ2) is 145. The molecular formula is C34H52F40N2O. The van der Waals surface area contributed by atoms with E-state index in [2.05, 4.69) is 108 Å². The number of nitrogens with zero attached hydrogens (tertiary/aromatic N) is 2. The van der Waals surface area contributed by atoms with Crippen molar-refractivity contribution in [1.82, 2.24) is 9.80 Å². The fourth-order valence-corrected chi connectivity index (χ4v) is 6.63. The van der Waals surface area contributed by atoms with E-state index in [1.54, 1.807) is 0 Å². The Hall–Kier alpha value is -4.93. The predicted octanol–water partition coefficient (Wildman–Crippen LogP) is 25.1. The molecule has 0 spiro atoms. The molecule has 6 atom stereocenters. The van der Waals surface area contributed by atoms with Crippen LogP contribution >= 0.6 is 0 Å². The third-order valence-electron chi connectivity index (χ3n) is 9.30. The lowest BCUT2D eigenvalue weighted by atomic mass is 9.84. The number of carbonyl (C=O) groups is 1. The zero-order valence-corrected chi connectivity index (χ0v) is 39.8. The van der Waals surface area contributed by atoms with Crippen LogP contribution in [-0.4, -0.2) is 35.3 Å². The summed E-state index contributed by atoms with van der Waals surface area (Å²) in [5.41, 5.74) is 2.69. The average Bonchev–Trinajstić information content (AvgIpc) is 4.18.